The van der Waals surface area contributed by atoms with Crippen molar-refractivity contribution in [3.05, 3.63) is 108 Å². The lowest BCUT2D eigenvalue weighted by Crippen LogP contribution is -2.07. The third-order valence-electron chi connectivity index (χ3n) is 4.72. The van der Waals surface area contributed by atoms with Crippen molar-refractivity contribution in [3.8, 4) is 11.3 Å². The van der Waals surface area contributed by atoms with Crippen LogP contribution in [0.1, 0.15) is 22.6 Å². The molecule has 0 aliphatic heterocycles. The molecule has 3 heterocycles. The Hall–Kier alpha value is -3.60. The molecule has 0 unspecified atom stereocenters. The standard InChI is InChI=1S/C23H19FN4/c24-19-9-8-16(21(13-19)22-6-1-7-23(25)28-22)12-20(17-4-2-10-26-14-17)18-5-3-11-27-15-18/h1-11,13-15,20H,12H2,(H2,25,28). The summed E-state index contributed by atoms with van der Waals surface area (Å²) in [5, 5.41) is 0. The molecule has 4 rings (SSSR count). The highest BCUT2D eigenvalue weighted by molar-refractivity contribution is 5.65. The summed E-state index contributed by atoms with van der Waals surface area (Å²) in [5.41, 5.74) is 10.4. The second-order valence-corrected chi connectivity index (χ2v) is 6.58. The molecule has 0 spiro atoms. The predicted octanol–water partition coefficient (Wildman–Crippen LogP) is 4.63. The molecule has 0 fully saturated rings. The lowest BCUT2D eigenvalue weighted by molar-refractivity contribution is 0.627. The monoisotopic (exact) mass is 370 g/mol. The van der Waals surface area contributed by atoms with Crippen LogP contribution in [0.25, 0.3) is 11.3 Å². The minimum atomic E-state index is -0.303. The second kappa shape index (κ2) is 7.96. The van der Waals surface area contributed by atoms with Crippen LogP contribution in [0.2, 0.25) is 0 Å². The molecule has 4 nitrogen and oxygen atoms in total. The summed E-state index contributed by atoms with van der Waals surface area (Å²) in [6, 6.07) is 18.1. The van der Waals surface area contributed by atoms with E-state index in [1.165, 1.54) is 12.1 Å². The highest BCUT2D eigenvalue weighted by Crippen LogP contribution is 2.32. The number of aromatic nitrogens is 3. The largest absolute Gasteiger partial charge is 0.384 e. The molecule has 0 aliphatic rings. The molecule has 0 saturated carbocycles. The number of rotatable bonds is 5. The summed E-state index contributed by atoms with van der Waals surface area (Å²) in [6.07, 6.45) is 7.89. The SMILES string of the molecule is Nc1cccc(-c2cc(F)ccc2CC(c2cccnc2)c2cccnc2)n1. The predicted molar refractivity (Wildman–Crippen MR) is 108 cm³/mol. The van der Waals surface area contributed by atoms with E-state index in [0.29, 0.717) is 17.9 Å². The van der Waals surface area contributed by atoms with Crippen LogP contribution in [-0.4, -0.2) is 15.0 Å². The lowest BCUT2D eigenvalue weighted by Gasteiger charge is -2.19. The fourth-order valence-electron chi connectivity index (χ4n) is 3.38. The summed E-state index contributed by atoms with van der Waals surface area (Å²) in [6.45, 7) is 0. The molecule has 1 aromatic carbocycles. The Morgan fingerprint density at radius 1 is 0.857 bits per heavy atom. The first kappa shape index (κ1) is 17.8. The molecule has 0 amide bonds. The Labute approximate surface area is 162 Å². The summed E-state index contributed by atoms with van der Waals surface area (Å²) in [7, 11) is 0. The van der Waals surface area contributed by atoms with Gasteiger partial charge < -0.3 is 5.73 Å². The van der Waals surface area contributed by atoms with Gasteiger partial charge in [-0.2, -0.15) is 0 Å². The smallest absolute Gasteiger partial charge is 0.124 e. The fraction of sp³-hybridized carbons (Fsp3) is 0.0870. The van der Waals surface area contributed by atoms with Crippen LogP contribution in [0.5, 0.6) is 0 Å². The molecule has 0 radical (unpaired) electrons. The van der Waals surface area contributed by atoms with Gasteiger partial charge in [-0.05, 0) is 59.5 Å². The van der Waals surface area contributed by atoms with E-state index in [-0.39, 0.29) is 11.7 Å². The van der Waals surface area contributed by atoms with E-state index >= 15 is 0 Å². The van der Waals surface area contributed by atoms with E-state index in [1.807, 2.05) is 54.9 Å². The van der Waals surface area contributed by atoms with Gasteiger partial charge in [0.25, 0.3) is 0 Å². The Morgan fingerprint density at radius 3 is 2.18 bits per heavy atom. The van der Waals surface area contributed by atoms with Gasteiger partial charge in [0.2, 0.25) is 0 Å². The number of anilines is 1. The Kier molecular flexibility index (Phi) is 5.06. The van der Waals surface area contributed by atoms with Gasteiger partial charge in [-0.1, -0.05) is 24.3 Å². The van der Waals surface area contributed by atoms with Crippen LogP contribution in [0.3, 0.4) is 0 Å². The topological polar surface area (TPSA) is 64.7 Å². The van der Waals surface area contributed by atoms with Crippen LogP contribution >= 0.6 is 0 Å². The third kappa shape index (κ3) is 3.88. The van der Waals surface area contributed by atoms with Crippen molar-refractivity contribution in [1.29, 1.82) is 0 Å². The molecule has 3 aromatic heterocycles. The van der Waals surface area contributed by atoms with Gasteiger partial charge in [-0.3, -0.25) is 9.97 Å². The van der Waals surface area contributed by atoms with E-state index in [0.717, 1.165) is 22.3 Å². The maximum atomic E-state index is 14.0. The highest BCUT2D eigenvalue weighted by atomic mass is 19.1. The summed E-state index contributed by atoms with van der Waals surface area (Å²) in [4.78, 5) is 12.9. The maximum absolute atomic E-state index is 14.0. The van der Waals surface area contributed by atoms with Gasteiger partial charge in [0.15, 0.2) is 0 Å². The van der Waals surface area contributed by atoms with Crippen molar-refractivity contribution < 1.29 is 4.39 Å². The van der Waals surface area contributed by atoms with Gasteiger partial charge in [0, 0.05) is 36.3 Å². The van der Waals surface area contributed by atoms with E-state index in [9.17, 15) is 4.39 Å². The van der Waals surface area contributed by atoms with Gasteiger partial charge in [0.1, 0.15) is 11.6 Å². The molecule has 0 aliphatic carbocycles. The zero-order chi connectivity index (χ0) is 19.3. The third-order valence-corrected chi connectivity index (χ3v) is 4.72. The quantitative estimate of drug-likeness (QED) is 0.556. The summed E-state index contributed by atoms with van der Waals surface area (Å²) < 4.78 is 14.0. The van der Waals surface area contributed by atoms with Crippen molar-refractivity contribution >= 4 is 5.82 Å². The van der Waals surface area contributed by atoms with E-state index in [1.54, 1.807) is 18.5 Å². The average molecular weight is 370 g/mol. The van der Waals surface area contributed by atoms with Crippen molar-refractivity contribution in [1.82, 2.24) is 15.0 Å². The summed E-state index contributed by atoms with van der Waals surface area (Å²) in [5.74, 6) is 0.138. The van der Waals surface area contributed by atoms with Gasteiger partial charge in [-0.15, -0.1) is 0 Å². The van der Waals surface area contributed by atoms with Gasteiger partial charge in [-0.25, -0.2) is 9.37 Å². The number of benzene rings is 1. The molecule has 2 N–H and O–H groups in total. The first-order valence-corrected chi connectivity index (χ1v) is 9.02. The molecule has 138 valence electrons. The number of hydrogen-bond acceptors (Lipinski definition) is 4. The molecule has 0 bridgehead atoms. The molecule has 4 aromatic rings. The van der Waals surface area contributed by atoms with Crippen LogP contribution in [0.15, 0.2) is 85.5 Å². The van der Waals surface area contributed by atoms with E-state index in [4.69, 9.17) is 5.73 Å². The van der Waals surface area contributed by atoms with Crippen molar-refractivity contribution in [2.24, 2.45) is 0 Å². The average Bonchev–Trinajstić information content (AvgIpc) is 2.74. The fourth-order valence-corrected chi connectivity index (χ4v) is 3.38. The van der Waals surface area contributed by atoms with Gasteiger partial charge >= 0.3 is 0 Å². The maximum Gasteiger partial charge on any atom is 0.124 e. The zero-order valence-corrected chi connectivity index (χ0v) is 15.2. The number of hydrogen-bond donors (Lipinski definition) is 1. The Balaban J connectivity index is 1.80. The number of nitrogens with zero attached hydrogens (tertiary/aromatic N) is 3. The van der Waals surface area contributed by atoms with Crippen LogP contribution < -0.4 is 5.73 Å². The zero-order valence-electron chi connectivity index (χ0n) is 15.2. The minimum Gasteiger partial charge on any atom is -0.384 e. The van der Waals surface area contributed by atoms with E-state index < -0.39 is 0 Å². The summed E-state index contributed by atoms with van der Waals surface area (Å²) >= 11 is 0. The number of nitrogens with two attached hydrogens (primary N) is 1. The lowest BCUT2D eigenvalue weighted by atomic mass is 9.85. The van der Waals surface area contributed by atoms with Crippen molar-refractivity contribution in [2.45, 2.75) is 12.3 Å². The first-order valence-electron chi connectivity index (χ1n) is 9.02. The molecular formula is C23H19FN4. The highest BCUT2D eigenvalue weighted by Gasteiger charge is 2.18. The molecule has 0 atom stereocenters. The Morgan fingerprint density at radius 2 is 1.57 bits per heavy atom. The number of halogens is 1. The van der Waals surface area contributed by atoms with E-state index in [2.05, 4.69) is 15.0 Å². The molecule has 0 saturated heterocycles. The Bertz CT molecular complexity index is 1030. The van der Waals surface area contributed by atoms with Crippen LogP contribution in [0.4, 0.5) is 10.2 Å². The minimum absolute atomic E-state index is 0.0349. The normalized spacial score (nSPS) is 10.9. The van der Waals surface area contributed by atoms with Crippen molar-refractivity contribution in [2.75, 3.05) is 5.73 Å². The number of nitrogen functional groups attached to an aromatic ring is 1. The molecule has 28 heavy (non-hydrogen) atoms. The first-order chi connectivity index (χ1) is 13.7. The molecule has 5 heteroatoms. The van der Waals surface area contributed by atoms with Gasteiger partial charge in [0.05, 0.1) is 5.69 Å². The van der Waals surface area contributed by atoms with Crippen LogP contribution in [-0.2, 0) is 6.42 Å². The van der Waals surface area contributed by atoms with Crippen molar-refractivity contribution in [3.63, 3.8) is 0 Å². The second-order valence-electron chi connectivity index (χ2n) is 6.58. The van der Waals surface area contributed by atoms with Crippen LogP contribution in [0, 0.1) is 5.82 Å². The molecular weight excluding hydrogens is 351 g/mol. The number of pyridine rings is 3.